The second kappa shape index (κ2) is 6.21. The summed E-state index contributed by atoms with van der Waals surface area (Å²) in [6.07, 6.45) is 0.907. The van der Waals surface area contributed by atoms with Gasteiger partial charge in [0.25, 0.3) is 0 Å². The van der Waals surface area contributed by atoms with E-state index in [0.717, 1.165) is 28.0 Å². The zero-order valence-electron chi connectivity index (χ0n) is 10.3. The Bertz CT molecular complexity index is 538. The monoisotopic (exact) mass is 419 g/mol. The minimum atomic E-state index is 0.425. The van der Waals surface area contributed by atoms with Crippen molar-refractivity contribution in [3.8, 4) is 11.3 Å². The molecule has 4 heteroatoms. The third kappa shape index (κ3) is 3.36. The highest BCUT2D eigenvalue weighted by atomic mass is 127. The smallest absolute Gasteiger partial charge is 0.134 e. The first-order chi connectivity index (χ1) is 8.60. The molecule has 18 heavy (non-hydrogen) atoms. The van der Waals surface area contributed by atoms with Gasteiger partial charge in [-0.15, -0.1) is 0 Å². The van der Waals surface area contributed by atoms with Gasteiger partial charge in [-0.25, -0.2) is 0 Å². The molecule has 0 bridgehead atoms. The number of nitrogens with one attached hydrogen (secondary N) is 1. The van der Waals surface area contributed by atoms with Crippen molar-refractivity contribution in [2.75, 3.05) is 7.05 Å². The van der Waals surface area contributed by atoms with Gasteiger partial charge in [-0.1, -0.05) is 6.07 Å². The number of likely N-dealkylation sites (N-methyl/N-ethyl adjacent to an activating group) is 1. The summed E-state index contributed by atoms with van der Waals surface area (Å²) in [5.41, 5.74) is 1.12. The number of furan rings is 1. The van der Waals surface area contributed by atoms with E-state index in [4.69, 9.17) is 4.42 Å². The number of rotatable bonds is 4. The molecule has 96 valence electrons. The first kappa shape index (κ1) is 14.1. The summed E-state index contributed by atoms with van der Waals surface area (Å²) in [6.45, 7) is 2.14. The zero-order valence-corrected chi connectivity index (χ0v) is 14.1. The number of benzene rings is 1. The van der Waals surface area contributed by atoms with Crippen molar-refractivity contribution in [3.05, 3.63) is 44.1 Å². The van der Waals surface area contributed by atoms with Crippen LogP contribution < -0.4 is 5.32 Å². The molecule has 1 unspecified atom stereocenters. The largest absolute Gasteiger partial charge is 0.461 e. The van der Waals surface area contributed by atoms with Crippen LogP contribution in [0.15, 0.2) is 39.2 Å². The number of halogens is 2. The number of hydrogen-bond acceptors (Lipinski definition) is 2. The fraction of sp³-hybridized carbons (Fsp3) is 0.286. The fourth-order valence-corrected chi connectivity index (χ4v) is 2.46. The van der Waals surface area contributed by atoms with E-state index in [0.29, 0.717) is 6.04 Å². The average Bonchev–Trinajstić information content (AvgIpc) is 2.81. The number of hydrogen-bond donors (Lipinski definition) is 1. The lowest BCUT2D eigenvalue weighted by molar-refractivity contribution is 0.481. The lowest BCUT2D eigenvalue weighted by Gasteiger charge is -2.06. The van der Waals surface area contributed by atoms with Crippen molar-refractivity contribution >= 4 is 38.5 Å². The van der Waals surface area contributed by atoms with Crippen LogP contribution in [0.4, 0.5) is 0 Å². The Kier molecular flexibility index (Phi) is 4.86. The molecule has 1 N–H and O–H groups in total. The van der Waals surface area contributed by atoms with Crippen molar-refractivity contribution in [1.29, 1.82) is 0 Å². The summed E-state index contributed by atoms with van der Waals surface area (Å²) in [7, 11) is 1.96. The molecule has 1 heterocycles. The van der Waals surface area contributed by atoms with Gasteiger partial charge < -0.3 is 9.73 Å². The molecule has 0 spiro atoms. The van der Waals surface area contributed by atoms with Crippen LogP contribution in [0.2, 0.25) is 0 Å². The Morgan fingerprint density at radius 3 is 2.78 bits per heavy atom. The molecule has 1 aromatic carbocycles. The van der Waals surface area contributed by atoms with Gasteiger partial charge in [-0.2, -0.15) is 0 Å². The molecular weight excluding hydrogens is 405 g/mol. The molecule has 2 aromatic rings. The Labute approximate surface area is 129 Å². The summed E-state index contributed by atoms with van der Waals surface area (Å²) >= 11 is 5.81. The van der Waals surface area contributed by atoms with Crippen LogP contribution in [-0.4, -0.2) is 13.1 Å². The van der Waals surface area contributed by atoms with Crippen molar-refractivity contribution < 1.29 is 4.42 Å². The van der Waals surface area contributed by atoms with E-state index in [2.05, 4.69) is 75.0 Å². The van der Waals surface area contributed by atoms with Crippen molar-refractivity contribution in [2.45, 2.75) is 19.4 Å². The summed E-state index contributed by atoms with van der Waals surface area (Å²) in [5, 5.41) is 3.21. The van der Waals surface area contributed by atoms with Crippen LogP contribution in [0.3, 0.4) is 0 Å². The molecule has 0 saturated carbocycles. The summed E-state index contributed by atoms with van der Waals surface area (Å²) in [6, 6.07) is 10.8. The molecular formula is C14H15BrINO. The lowest BCUT2D eigenvalue weighted by atomic mass is 10.2. The molecule has 0 amide bonds. The Balaban J connectivity index is 2.21. The predicted octanol–water partition coefficient (Wildman–Crippen LogP) is 4.46. The highest BCUT2D eigenvalue weighted by Gasteiger charge is 2.08. The highest BCUT2D eigenvalue weighted by molar-refractivity contribution is 14.1. The van der Waals surface area contributed by atoms with Gasteiger partial charge in [0.2, 0.25) is 0 Å². The zero-order chi connectivity index (χ0) is 13.1. The molecule has 1 atom stereocenters. The van der Waals surface area contributed by atoms with Crippen LogP contribution in [0, 0.1) is 3.57 Å². The fourth-order valence-electron chi connectivity index (χ4n) is 1.70. The van der Waals surface area contributed by atoms with Gasteiger partial charge in [0.05, 0.1) is 0 Å². The Morgan fingerprint density at radius 1 is 1.33 bits per heavy atom. The van der Waals surface area contributed by atoms with Crippen molar-refractivity contribution in [1.82, 2.24) is 5.32 Å². The maximum atomic E-state index is 5.88. The summed E-state index contributed by atoms with van der Waals surface area (Å²) in [4.78, 5) is 0. The van der Waals surface area contributed by atoms with Gasteiger partial charge in [-0.05, 0) is 76.8 Å². The summed E-state index contributed by atoms with van der Waals surface area (Å²) < 4.78 is 8.18. The SMILES string of the molecule is CNC(C)Cc1ccc(-c2ccc(Br)c(I)c2)o1. The molecule has 0 radical (unpaired) electrons. The van der Waals surface area contributed by atoms with Gasteiger partial charge in [0.15, 0.2) is 0 Å². The second-order valence-electron chi connectivity index (χ2n) is 4.29. The Hall–Kier alpha value is -0.330. The minimum absolute atomic E-state index is 0.425. The molecule has 0 fully saturated rings. The van der Waals surface area contributed by atoms with Gasteiger partial charge in [0.1, 0.15) is 11.5 Å². The lowest BCUT2D eigenvalue weighted by Crippen LogP contribution is -2.23. The normalized spacial score (nSPS) is 12.7. The third-order valence-electron chi connectivity index (χ3n) is 2.87. The second-order valence-corrected chi connectivity index (χ2v) is 6.31. The molecule has 1 aromatic heterocycles. The minimum Gasteiger partial charge on any atom is -0.461 e. The van der Waals surface area contributed by atoms with Crippen LogP contribution in [0.5, 0.6) is 0 Å². The van der Waals surface area contributed by atoms with E-state index in [1.807, 2.05) is 13.1 Å². The first-order valence-corrected chi connectivity index (χ1v) is 7.68. The van der Waals surface area contributed by atoms with E-state index in [1.165, 1.54) is 3.57 Å². The highest BCUT2D eigenvalue weighted by Crippen LogP contribution is 2.28. The summed E-state index contributed by atoms with van der Waals surface area (Å²) in [5.74, 6) is 1.95. The van der Waals surface area contributed by atoms with Crippen molar-refractivity contribution in [3.63, 3.8) is 0 Å². The molecule has 0 aliphatic carbocycles. The van der Waals surface area contributed by atoms with E-state index < -0.39 is 0 Å². The van der Waals surface area contributed by atoms with Crippen LogP contribution in [0.1, 0.15) is 12.7 Å². The van der Waals surface area contributed by atoms with Crippen LogP contribution in [0.25, 0.3) is 11.3 Å². The van der Waals surface area contributed by atoms with Crippen molar-refractivity contribution in [2.24, 2.45) is 0 Å². The maximum Gasteiger partial charge on any atom is 0.134 e. The van der Waals surface area contributed by atoms with E-state index in [9.17, 15) is 0 Å². The molecule has 2 nitrogen and oxygen atoms in total. The molecule has 0 saturated heterocycles. The Morgan fingerprint density at radius 2 is 2.11 bits per heavy atom. The van der Waals surface area contributed by atoms with Crippen LogP contribution in [-0.2, 0) is 6.42 Å². The van der Waals surface area contributed by atoms with Gasteiger partial charge in [-0.3, -0.25) is 0 Å². The van der Waals surface area contributed by atoms with E-state index in [-0.39, 0.29) is 0 Å². The quantitative estimate of drug-likeness (QED) is 0.740. The van der Waals surface area contributed by atoms with Gasteiger partial charge in [0, 0.05) is 26.1 Å². The topological polar surface area (TPSA) is 25.2 Å². The first-order valence-electron chi connectivity index (χ1n) is 5.81. The third-order valence-corrected chi connectivity index (χ3v) is 5.19. The van der Waals surface area contributed by atoms with Gasteiger partial charge >= 0.3 is 0 Å². The maximum absolute atomic E-state index is 5.88. The predicted molar refractivity (Wildman–Crippen MR) is 86.8 cm³/mol. The van der Waals surface area contributed by atoms with Crippen LogP contribution >= 0.6 is 38.5 Å². The van der Waals surface area contributed by atoms with E-state index >= 15 is 0 Å². The molecule has 2 rings (SSSR count). The standard InChI is InChI=1S/C14H15BrINO/c1-9(17-2)7-11-4-6-14(18-11)10-3-5-12(15)13(16)8-10/h3-6,8-9,17H,7H2,1-2H3. The van der Waals surface area contributed by atoms with E-state index in [1.54, 1.807) is 0 Å². The molecule has 0 aliphatic heterocycles. The molecule has 0 aliphatic rings. The average molecular weight is 420 g/mol.